The predicted molar refractivity (Wildman–Crippen MR) is 97.0 cm³/mol. The van der Waals surface area contributed by atoms with Gasteiger partial charge >= 0.3 is 6.03 Å². The number of aliphatic hydroxyl groups excluding tert-OH is 1. The molecule has 2 aliphatic heterocycles. The predicted octanol–water partition coefficient (Wildman–Crippen LogP) is 0.627. The molecule has 7 heteroatoms. The maximum Gasteiger partial charge on any atom is 0.325 e. The number of carbonyl (C=O) groups is 2. The minimum Gasteiger partial charge on any atom is -0.385 e. The lowest BCUT2D eigenvalue weighted by atomic mass is 9.69. The molecule has 0 aliphatic carbocycles. The zero-order valence-electron chi connectivity index (χ0n) is 17.0. The summed E-state index contributed by atoms with van der Waals surface area (Å²) in [4.78, 5) is 29.2. The maximum absolute atomic E-state index is 13.2. The lowest BCUT2D eigenvalue weighted by Crippen LogP contribution is -2.68. The Morgan fingerprint density at radius 2 is 1.60 bits per heavy atom. The highest BCUT2D eigenvalue weighted by atomic mass is 16.3. The first-order valence-electron chi connectivity index (χ1n) is 8.96. The molecule has 1 atom stereocenters. The molecule has 1 unspecified atom stereocenters. The molecule has 2 aliphatic rings. The summed E-state index contributed by atoms with van der Waals surface area (Å²) in [6.45, 7) is 8.92. The van der Waals surface area contributed by atoms with Gasteiger partial charge in [-0.25, -0.2) is 4.79 Å². The van der Waals surface area contributed by atoms with Crippen LogP contribution in [-0.2, 0) is 4.79 Å². The van der Waals surface area contributed by atoms with Crippen LogP contribution in [0.2, 0.25) is 0 Å². The summed E-state index contributed by atoms with van der Waals surface area (Å²) in [5.41, 5.74) is -1.32. The quantitative estimate of drug-likeness (QED) is 0.573. The molecule has 25 heavy (non-hydrogen) atoms. The number of urea groups is 1. The Bertz CT molecular complexity index is 547. The lowest BCUT2D eigenvalue weighted by Gasteiger charge is -2.56. The summed E-state index contributed by atoms with van der Waals surface area (Å²) in [5, 5.41) is 13.3. The fraction of sp³-hybridized carbons (Fsp3) is 0.889. The highest BCUT2D eigenvalue weighted by Crippen LogP contribution is 2.44. The van der Waals surface area contributed by atoms with Gasteiger partial charge in [0.15, 0.2) is 0 Å². The van der Waals surface area contributed by atoms with Gasteiger partial charge < -0.3 is 14.9 Å². The van der Waals surface area contributed by atoms with Crippen molar-refractivity contribution in [2.45, 2.75) is 63.3 Å². The molecule has 0 bridgehead atoms. The van der Waals surface area contributed by atoms with Crippen LogP contribution in [0.15, 0.2) is 0 Å². The Morgan fingerprint density at radius 3 is 2.04 bits per heavy atom. The normalized spacial score (nSPS) is 26.8. The Kier molecular flexibility index (Phi) is 4.77. The Balaban J connectivity index is 2.23. The smallest absolute Gasteiger partial charge is 0.325 e. The molecule has 1 spiro atoms. The van der Waals surface area contributed by atoms with E-state index in [1.807, 2.05) is 21.1 Å². The molecule has 2 fully saturated rings. The summed E-state index contributed by atoms with van der Waals surface area (Å²) >= 11 is 0. The highest BCUT2D eigenvalue weighted by Gasteiger charge is 2.60. The van der Waals surface area contributed by atoms with E-state index in [4.69, 9.17) is 0 Å². The van der Waals surface area contributed by atoms with Crippen molar-refractivity contribution < 1.29 is 19.2 Å². The van der Waals surface area contributed by atoms with Crippen LogP contribution in [0.4, 0.5) is 4.79 Å². The number of β-amino-alcohol motifs (C(OH)–C–C–N with tert-alkyl or cyclic N) is 1. The Hall–Kier alpha value is -1.18. The van der Waals surface area contributed by atoms with Crippen LogP contribution in [0, 0.1) is 0 Å². The number of imide groups is 1. The molecule has 7 nitrogen and oxygen atoms in total. The topological polar surface area (TPSA) is 72.9 Å². The largest absolute Gasteiger partial charge is 0.385 e. The second-order valence-corrected chi connectivity index (χ2v) is 10.1. The van der Waals surface area contributed by atoms with Gasteiger partial charge in [-0.05, 0) is 47.6 Å². The number of likely N-dealkylation sites (N-methyl/N-ethyl adjacent to an activating group) is 1. The van der Waals surface area contributed by atoms with Crippen molar-refractivity contribution >= 4 is 11.9 Å². The number of amides is 3. The zero-order chi connectivity index (χ0) is 19.4. The minimum atomic E-state index is -0.882. The van der Waals surface area contributed by atoms with Gasteiger partial charge in [0.05, 0.1) is 27.7 Å². The first-order chi connectivity index (χ1) is 11.1. The fourth-order valence-corrected chi connectivity index (χ4v) is 4.58. The van der Waals surface area contributed by atoms with E-state index in [1.165, 1.54) is 4.90 Å². The van der Waals surface area contributed by atoms with Crippen LogP contribution < -0.4 is 5.32 Å². The SMILES string of the molecule is CN1C(C)(C)CC2(CC1(C)C)NC(=O)N(CC(O)C[N+](C)(C)C)C2=O. The molecule has 0 aromatic carbocycles. The van der Waals surface area contributed by atoms with Crippen molar-refractivity contribution in [2.24, 2.45) is 0 Å². The second kappa shape index (κ2) is 5.93. The van der Waals surface area contributed by atoms with Crippen molar-refractivity contribution in [1.82, 2.24) is 15.1 Å². The van der Waals surface area contributed by atoms with Crippen LogP contribution in [0.3, 0.4) is 0 Å². The Labute approximate surface area is 151 Å². The third-order valence-electron chi connectivity index (χ3n) is 5.68. The number of aliphatic hydroxyl groups is 1. The van der Waals surface area contributed by atoms with Crippen LogP contribution >= 0.6 is 0 Å². The number of hydrogen-bond donors (Lipinski definition) is 2. The number of nitrogens with zero attached hydrogens (tertiary/aromatic N) is 3. The second-order valence-electron chi connectivity index (χ2n) is 10.1. The molecule has 144 valence electrons. The van der Waals surface area contributed by atoms with E-state index >= 15 is 0 Å². The number of nitrogens with one attached hydrogen (secondary N) is 1. The van der Waals surface area contributed by atoms with Crippen LogP contribution in [0.25, 0.3) is 0 Å². The molecule has 3 amide bonds. The van der Waals surface area contributed by atoms with Gasteiger partial charge in [0, 0.05) is 11.1 Å². The molecule has 2 rings (SSSR count). The fourth-order valence-electron chi connectivity index (χ4n) is 4.58. The molecule has 0 aromatic rings. The first-order valence-corrected chi connectivity index (χ1v) is 8.96. The van der Waals surface area contributed by atoms with E-state index in [1.54, 1.807) is 0 Å². The summed E-state index contributed by atoms with van der Waals surface area (Å²) in [6, 6.07) is -0.387. The number of piperidine rings is 1. The van der Waals surface area contributed by atoms with E-state index < -0.39 is 11.6 Å². The van der Waals surface area contributed by atoms with Crippen molar-refractivity contribution in [1.29, 1.82) is 0 Å². The van der Waals surface area contributed by atoms with Crippen molar-refractivity contribution in [3.05, 3.63) is 0 Å². The minimum absolute atomic E-state index is 0.0403. The van der Waals surface area contributed by atoms with Gasteiger partial charge in [0.2, 0.25) is 0 Å². The number of rotatable bonds is 4. The molecule has 0 aromatic heterocycles. The van der Waals surface area contributed by atoms with E-state index in [9.17, 15) is 14.7 Å². The number of quaternary nitrogens is 1. The van der Waals surface area contributed by atoms with Gasteiger partial charge in [-0.15, -0.1) is 0 Å². The maximum atomic E-state index is 13.2. The highest BCUT2D eigenvalue weighted by molar-refractivity contribution is 6.07. The summed E-state index contributed by atoms with van der Waals surface area (Å²) in [5.74, 6) is -0.202. The van der Waals surface area contributed by atoms with Crippen molar-refractivity contribution in [2.75, 3.05) is 41.3 Å². The van der Waals surface area contributed by atoms with E-state index in [0.717, 1.165) is 0 Å². The average Bonchev–Trinajstić information content (AvgIpc) is 2.57. The van der Waals surface area contributed by atoms with Crippen LogP contribution in [0.1, 0.15) is 40.5 Å². The Morgan fingerprint density at radius 1 is 1.12 bits per heavy atom. The molecular weight excluding hydrogens is 320 g/mol. The van der Waals surface area contributed by atoms with E-state index in [-0.39, 0.29) is 29.6 Å². The summed E-state index contributed by atoms with van der Waals surface area (Å²) in [6.07, 6.45) is 0.385. The summed E-state index contributed by atoms with van der Waals surface area (Å²) < 4.78 is 0.570. The van der Waals surface area contributed by atoms with Crippen molar-refractivity contribution in [3.8, 4) is 0 Å². The summed E-state index contributed by atoms with van der Waals surface area (Å²) in [7, 11) is 7.98. The molecule has 2 N–H and O–H groups in total. The molecule has 2 heterocycles. The van der Waals surface area contributed by atoms with Crippen LogP contribution in [-0.4, -0.2) is 95.3 Å². The first kappa shape index (κ1) is 20.1. The lowest BCUT2D eigenvalue weighted by molar-refractivity contribution is -0.873. The van der Waals surface area contributed by atoms with Gasteiger partial charge in [0.25, 0.3) is 5.91 Å². The van der Waals surface area contributed by atoms with E-state index in [2.05, 4.69) is 45.0 Å². The van der Waals surface area contributed by atoms with Crippen molar-refractivity contribution in [3.63, 3.8) is 0 Å². The van der Waals surface area contributed by atoms with Gasteiger partial charge in [-0.3, -0.25) is 14.6 Å². The number of hydrogen-bond acceptors (Lipinski definition) is 4. The van der Waals surface area contributed by atoms with Gasteiger partial charge in [-0.2, -0.15) is 0 Å². The average molecular weight is 356 g/mol. The van der Waals surface area contributed by atoms with E-state index in [0.29, 0.717) is 23.9 Å². The molecule has 2 saturated heterocycles. The number of carbonyl (C=O) groups excluding carboxylic acids is 2. The monoisotopic (exact) mass is 355 g/mol. The van der Waals surface area contributed by atoms with Gasteiger partial charge in [0.1, 0.15) is 18.2 Å². The standard InChI is InChI=1S/C18H34N4O3/c1-16(2)11-18(12-17(3,4)20(16)5)14(24)21(15(25)19-18)9-13(23)10-22(6,7)8/h13,23H,9-12H2,1-8H3/p+1. The zero-order valence-corrected chi connectivity index (χ0v) is 17.0. The number of likely N-dealkylation sites (tertiary alicyclic amines) is 1. The molecular formula is C18H35N4O3+. The van der Waals surface area contributed by atoms with Gasteiger partial charge in [-0.1, -0.05) is 0 Å². The molecule has 0 saturated carbocycles. The third kappa shape index (κ3) is 3.83. The van der Waals surface area contributed by atoms with Crippen LogP contribution in [0.5, 0.6) is 0 Å². The third-order valence-corrected chi connectivity index (χ3v) is 5.68. The molecule has 0 radical (unpaired) electrons.